The van der Waals surface area contributed by atoms with Gasteiger partial charge in [0.1, 0.15) is 4.21 Å². The predicted molar refractivity (Wildman–Crippen MR) is 109 cm³/mol. The lowest BCUT2D eigenvalue weighted by Gasteiger charge is -2.25. The number of rotatable bonds is 4. The molecule has 0 aromatic carbocycles. The van der Waals surface area contributed by atoms with Crippen molar-refractivity contribution in [3.05, 3.63) is 17.0 Å². The number of amides is 1. The van der Waals surface area contributed by atoms with Crippen LogP contribution in [-0.4, -0.2) is 61.8 Å². The van der Waals surface area contributed by atoms with E-state index in [9.17, 15) is 13.2 Å². The standard InChI is InChI=1S/C18H27N3O3S2.ClH/c22-17(20-11-8-14-4-5-15(13-20)19-14)12-16-6-7-18(25-16)26(23,24)21-9-2-1-3-10-21;/h6-7,14-15,19H,1-5,8-13H2;1H. The fraction of sp³-hybridized carbons (Fsp3) is 0.722. The zero-order valence-corrected chi connectivity index (χ0v) is 17.9. The van der Waals surface area contributed by atoms with Crippen LogP contribution in [0.25, 0.3) is 0 Å². The maximum atomic E-state index is 12.8. The van der Waals surface area contributed by atoms with Gasteiger partial charge in [-0.2, -0.15) is 4.31 Å². The number of sulfonamides is 1. The first-order valence-corrected chi connectivity index (χ1v) is 11.9. The van der Waals surface area contributed by atoms with E-state index < -0.39 is 10.0 Å². The Morgan fingerprint density at radius 2 is 1.81 bits per heavy atom. The van der Waals surface area contributed by atoms with Gasteiger partial charge in [0, 0.05) is 43.1 Å². The van der Waals surface area contributed by atoms with E-state index in [0.29, 0.717) is 35.8 Å². The van der Waals surface area contributed by atoms with Crippen LogP contribution in [0.4, 0.5) is 0 Å². The van der Waals surface area contributed by atoms with E-state index in [4.69, 9.17) is 0 Å². The van der Waals surface area contributed by atoms with Crippen LogP contribution in [-0.2, 0) is 21.2 Å². The van der Waals surface area contributed by atoms with Gasteiger partial charge < -0.3 is 10.2 Å². The summed E-state index contributed by atoms with van der Waals surface area (Å²) in [7, 11) is -3.40. The number of carbonyl (C=O) groups excluding carboxylic acids is 1. The van der Waals surface area contributed by atoms with Gasteiger partial charge >= 0.3 is 0 Å². The van der Waals surface area contributed by atoms with Gasteiger partial charge in [-0.1, -0.05) is 6.42 Å². The van der Waals surface area contributed by atoms with E-state index in [-0.39, 0.29) is 18.3 Å². The summed E-state index contributed by atoms with van der Waals surface area (Å²) in [5.74, 6) is 0.114. The quantitative estimate of drug-likeness (QED) is 0.790. The van der Waals surface area contributed by atoms with Gasteiger partial charge in [-0.15, -0.1) is 23.7 Å². The summed E-state index contributed by atoms with van der Waals surface area (Å²) >= 11 is 1.25. The molecule has 3 saturated heterocycles. The number of thiophene rings is 1. The molecular weight excluding hydrogens is 406 g/mol. The average molecular weight is 434 g/mol. The molecule has 2 bridgehead atoms. The molecule has 1 aromatic rings. The van der Waals surface area contributed by atoms with Gasteiger partial charge in [-0.3, -0.25) is 4.79 Å². The van der Waals surface area contributed by atoms with Crippen molar-refractivity contribution in [1.29, 1.82) is 0 Å². The number of hydrogen-bond acceptors (Lipinski definition) is 5. The highest BCUT2D eigenvalue weighted by Gasteiger charge is 2.32. The second-order valence-corrected chi connectivity index (χ2v) is 11.0. The molecule has 2 atom stereocenters. The Labute approximate surface area is 171 Å². The van der Waals surface area contributed by atoms with Gasteiger partial charge in [-0.05, 0) is 44.2 Å². The number of carbonyl (C=O) groups is 1. The minimum atomic E-state index is -3.40. The molecule has 1 amide bonds. The molecule has 3 fully saturated rings. The third-order valence-electron chi connectivity index (χ3n) is 5.75. The van der Waals surface area contributed by atoms with Gasteiger partial charge in [0.05, 0.1) is 6.42 Å². The molecular formula is C18H28ClN3O3S2. The zero-order chi connectivity index (χ0) is 18.1. The predicted octanol–water partition coefficient (Wildman–Crippen LogP) is 2.24. The Balaban J connectivity index is 0.00000210. The van der Waals surface area contributed by atoms with Crippen LogP contribution < -0.4 is 5.32 Å². The summed E-state index contributed by atoms with van der Waals surface area (Å²) < 4.78 is 27.5. The first kappa shape index (κ1) is 21.0. The van der Waals surface area contributed by atoms with E-state index in [2.05, 4.69) is 5.32 Å². The summed E-state index contributed by atoms with van der Waals surface area (Å²) in [6.45, 7) is 2.80. The molecule has 4 rings (SSSR count). The van der Waals surface area contributed by atoms with Crippen LogP contribution in [0.15, 0.2) is 16.3 Å². The first-order valence-electron chi connectivity index (χ1n) is 9.65. The lowest BCUT2D eigenvalue weighted by molar-refractivity contribution is -0.130. The molecule has 2 unspecified atom stereocenters. The molecule has 9 heteroatoms. The van der Waals surface area contributed by atoms with E-state index >= 15 is 0 Å². The number of piperidine rings is 1. The summed E-state index contributed by atoms with van der Waals surface area (Å²) in [6.07, 6.45) is 6.64. The molecule has 0 spiro atoms. The van der Waals surface area contributed by atoms with Crippen molar-refractivity contribution in [3.8, 4) is 0 Å². The fourth-order valence-corrected chi connectivity index (χ4v) is 7.27. The highest BCUT2D eigenvalue weighted by Crippen LogP contribution is 2.28. The minimum Gasteiger partial charge on any atom is -0.341 e. The van der Waals surface area contributed by atoms with Gasteiger partial charge in [0.15, 0.2) is 0 Å². The monoisotopic (exact) mass is 433 g/mol. The number of nitrogens with zero attached hydrogens (tertiary/aromatic N) is 2. The third-order valence-corrected chi connectivity index (χ3v) is 9.20. The van der Waals surface area contributed by atoms with Gasteiger partial charge in [-0.25, -0.2) is 8.42 Å². The average Bonchev–Trinajstić information content (AvgIpc) is 3.22. The van der Waals surface area contributed by atoms with Crippen LogP contribution in [0.2, 0.25) is 0 Å². The van der Waals surface area contributed by atoms with Crippen molar-refractivity contribution in [2.75, 3.05) is 26.2 Å². The molecule has 1 aromatic heterocycles. The van der Waals surface area contributed by atoms with Crippen LogP contribution in [0.5, 0.6) is 0 Å². The molecule has 0 saturated carbocycles. The van der Waals surface area contributed by atoms with E-state index in [1.165, 1.54) is 17.8 Å². The topological polar surface area (TPSA) is 69.7 Å². The first-order chi connectivity index (χ1) is 12.5. The Morgan fingerprint density at radius 1 is 1.07 bits per heavy atom. The van der Waals surface area contributed by atoms with Crippen molar-refractivity contribution in [1.82, 2.24) is 14.5 Å². The summed E-state index contributed by atoms with van der Waals surface area (Å²) in [6, 6.07) is 4.45. The van der Waals surface area contributed by atoms with Crippen molar-refractivity contribution >= 4 is 39.7 Å². The largest absolute Gasteiger partial charge is 0.341 e. The Hall–Kier alpha value is -0.670. The molecule has 27 heavy (non-hydrogen) atoms. The van der Waals surface area contributed by atoms with E-state index in [1.54, 1.807) is 10.4 Å². The number of hydrogen-bond donors (Lipinski definition) is 1. The van der Waals surface area contributed by atoms with Crippen molar-refractivity contribution in [2.24, 2.45) is 0 Å². The molecule has 4 heterocycles. The molecule has 0 aliphatic carbocycles. The number of nitrogens with one attached hydrogen (secondary N) is 1. The maximum Gasteiger partial charge on any atom is 0.252 e. The van der Waals surface area contributed by atoms with Crippen LogP contribution in [0.3, 0.4) is 0 Å². The normalized spacial score (nSPS) is 26.4. The van der Waals surface area contributed by atoms with Crippen LogP contribution >= 0.6 is 23.7 Å². The van der Waals surface area contributed by atoms with Crippen molar-refractivity contribution < 1.29 is 13.2 Å². The van der Waals surface area contributed by atoms with Crippen molar-refractivity contribution in [3.63, 3.8) is 0 Å². The Morgan fingerprint density at radius 3 is 2.59 bits per heavy atom. The van der Waals surface area contributed by atoms with Gasteiger partial charge in [0.2, 0.25) is 5.91 Å². The van der Waals surface area contributed by atoms with Crippen molar-refractivity contribution in [2.45, 2.75) is 61.2 Å². The third kappa shape index (κ3) is 4.67. The summed E-state index contributed by atoms with van der Waals surface area (Å²) in [5, 5.41) is 3.59. The maximum absolute atomic E-state index is 12.8. The molecule has 3 aliphatic heterocycles. The second-order valence-electron chi connectivity index (χ2n) is 7.63. The lowest BCUT2D eigenvalue weighted by Crippen LogP contribution is -2.39. The number of likely N-dealkylation sites (tertiary alicyclic amines) is 1. The smallest absolute Gasteiger partial charge is 0.252 e. The zero-order valence-electron chi connectivity index (χ0n) is 15.4. The summed E-state index contributed by atoms with van der Waals surface area (Å²) in [5.41, 5.74) is 0. The van der Waals surface area contributed by atoms with Crippen LogP contribution in [0.1, 0.15) is 43.4 Å². The minimum absolute atomic E-state index is 0. The van der Waals surface area contributed by atoms with Crippen LogP contribution in [0, 0.1) is 0 Å². The second kappa shape index (κ2) is 8.78. The van der Waals surface area contributed by atoms with Gasteiger partial charge in [0.25, 0.3) is 10.0 Å². The Kier molecular flexibility index (Phi) is 6.84. The molecule has 152 valence electrons. The molecule has 6 nitrogen and oxygen atoms in total. The highest BCUT2D eigenvalue weighted by molar-refractivity contribution is 7.91. The van der Waals surface area contributed by atoms with E-state index in [0.717, 1.165) is 50.1 Å². The number of halogens is 1. The van der Waals surface area contributed by atoms with E-state index in [1.807, 2.05) is 11.0 Å². The molecule has 0 radical (unpaired) electrons. The summed E-state index contributed by atoms with van der Waals surface area (Å²) in [4.78, 5) is 15.5. The Bertz CT molecular complexity index is 762. The molecule has 3 aliphatic rings. The molecule has 1 N–H and O–H groups in total. The lowest BCUT2D eigenvalue weighted by atomic mass is 10.1. The number of fused-ring (bicyclic) bond motifs is 2. The highest BCUT2D eigenvalue weighted by atomic mass is 35.5. The fourth-order valence-electron chi connectivity index (χ4n) is 4.25. The SMILES string of the molecule is Cl.O=C(Cc1ccc(S(=O)(=O)N2CCCCC2)s1)N1CCC2CCC(C1)N2.